The summed E-state index contributed by atoms with van der Waals surface area (Å²) >= 11 is 0. The second-order valence-corrected chi connectivity index (χ2v) is 3.24. The Bertz CT molecular complexity index is 400. The predicted octanol–water partition coefficient (Wildman–Crippen LogP) is 1.54. The van der Waals surface area contributed by atoms with E-state index in [1.54, 1.807) is 12.1 Å². The molecule has 0 aromatic heterocycles. The van der Waals surface area contributed by atoms with E-state index in [0.29, 0.717) is 22.8 Å². The van der Waals surface area contributed by atoms with E-state index >= 15 is 0 Å². The van der Waals surface area contributed by atoms with Crippen molar-refractivity contribution in [2.45, 2.75) is 0 Å². The van der Waals surface area contributed by atoms with E-state index in [1.165, 1.54) is 28.4 Å². The van der Waals surface area contributed by atoms with Crippen LogP contribution >= 0.6 is 0 Å². The number of ketones is 1. The summed E-state index contributed by atoms with van der Waals surface area (Å²) < 4.78 is 20.3. The molecule has 0 spiro atoms. The van der Waals surface area contributed by atoms with Crippen molar-refractivity contribution in [3.8, 4) is 17.2 Å². The first-order valence-electron chi connectivity index (χ1n) is 5.00. The van der Waals surface area contributed by atoms with Crippen molar-refractivity contribution in [3.63, 3.8) is 0 Å². The monoisotopic (exact) mass is 240 g/mol. The molecule has 0 amide bonds. The van der Waals surface area contributed by atoms with E-state index in [0.717, 1.165) is 0 Å². The first-order valence-corrected chi connectivity index (χ1v) is 5.00. The minimum atomic E-state index is -0.176. The highest BCUT2D eigenvalue weighted by molar-refractivity contribution is 6.00. The molecule has 5 heteroatoms. The average molecular weight is 240 g/mol. The first-order chi connectivity index (χ1) is 8.19. The molecule has 5 nitrogen and oxygen atoms in total. The van der Waals surface area contributed by atoms with E-state index < -0.39 is 0 Å². The van der Waals surface area contributed by atoms with Crippen molar-refractivity contribution in [1.29, 1.82) is 0 Å². The summed E-state index contributed by atoms with van der Waals surface area (Å²) in [5.74, 6) is 1.09. The highest BCUT2D eigenvalue weighted by Gasteiger charge is 2.20. The molecule has 1 aromatic rings. The maximum absolute atomic E-state index is 11.8. The van der Waals surface area contributed by atoms with Crippen molar-refractivity contribution in [3.05, 3.63) is 17.7 Å². The number of rotatable bonds is 6. The summed E-state index contributed by atoms with van der Waals surface area (Å²) in [6, 6.07) is 3.28. The predicted molar refractivity (Wildman–Crippen MR) is 62.3 cm³/mol. The van der Waals surface area contributed by atoms with E-state index in [1.807, 2.05) is 0 Å². The molecule has 0 atom stereocenters. The zero-order valence-electron chi connectivity index (χ0n) is 10.4. The molecule has 0 N–H and O–H groups in total. The summed E-state index contributed by atoms with van der Waals surface area (Å²) in [6.45, 7) is -0.00809. The molecule has 0 aliphatic heterocycles. The zero-order valence-corrected chi connectivity index (χ0v) is 10.4. The van der Waals surface area contributed by atoms with Crippen molar-refractivity contribution in [1.82, 2.24) is 0 Å². The quantitative estimate of drug-likeness (QED) is 0.706. The van der Waals surface area contributed by atoms with Gasteiger partial charge < -0.3 is 18.9 Å². The second-order valence-electron chi connectivity index (χ2n) is 3.24. The largest absolute Gasteiger partial charge is 0.493 e. The van der Waals surface area contributed by atoms with Gasteiger partial charge in [-0.2, -0.15) is 0 Å². The third-order valence-corrected chi connectivity index (χ3v) is 2.28. The SMILES string of the molecule is COCC(=O)c1ccc(OC)c(OC)c1OC. The van der Waals surface area contributed by atoms with Gasteiger partial charge >= 0.3 is 0 Å². The lowest BCUT2D eigenvalue weighted by Gasteiger charge is -2.14. The fraction of sp³-hybridized carbons (Fsp3) is 0.417. The summed E-state index contributed by atoms with van der Waals surface area (Å²) in [7, 11) is 5.95. The zero-order chi connectivity index (χ0) is 12.8. The van der Waals surface area contributed by atoms with Gasteiger partial charge in [-0.3, -0.25) is 4.79 Å². The van der Waals surface area contributed by atoms with Gasteiger partial charge in [0.1, 0.15) is 6.61 Å². The molecule has 0 bridgehead atoms. The highest BCUT2D eigenvalue weighted by atomic mass is 16.5. The average Bonchev–Trinajstić information content (AvgIpc) is 2.36. The number of carbonyl (C=O) groups is 1. The van der Waals surface area contributed by atoms with Crippen LogP contribution in [0, 0.1) is 0 Å². The lowest BCUT2D eigenvalue weighted by atomic mass is 10.1. The minimum absolute atomic E-state index is 0.00809. The molecule has 0 unspecified atom stereocenters. The van der Waals surface area contributed by atoms with E-state index in [-0.39, 0.29) is 12.4 Å². The van der Waals surface area contributed by atoms with Gasteiger partial charge in [-0.1, -0.05) is 0 Å². The maximum atomic E-state index is 11.8. The Kier molecular flexibility index (Phi) is 4.78. The van der Waals surface area contributed by atoms with Crippen molar-refractivity contribution in [2.24, 2.45) is 0 Å². The second kappa shape index (κ2) is 6.10. The van der Waals surface area contributed by atoms with E-state index in [2.05, 4.69) is 0 Å². The summed E-state index contributed by atoms with van der Waals surface area (Å²) in [4.78, 5) is 11.8. The summed E-state index contributed by atoms with van der Waals surface area (Å²) in [6.07, 6.45) is 0. The van der Waals surface area contributed by atoms with Crippen LogP contribution in [-0.2, 0) is 4.74 Å². The number of Topliss-reactive ketones (excluding diaryl/α,β-unsaturated/α-hetero) is 1. The van der Waals surface area contributed by atoms with Gasteiger partial charge in [-0.25, -0.2) is 0 Å². The number of carbonyl (C=O) groups excluding carboxylic acids is 1. The Morgan fingerprint density at radius 3 is 2.12 bits per heavy atom. The van der Waals surface area contributed by atoms with Crippen LogP contribution in [-0.4, -0.2) is 40.8 Å². The Labute approximate surface area is 100 Å². The van der Waals surface area contributed by atoms with Gasteiger partial charge in [0.05, 0.1) is 26.9 Å². The Morgan fingerprint density at radius 1 is 1.00 bits per heavy atom. The molecule has 0 aliphatic rings. The molecular formula is C12H16O5. The van der Waals surface area contributed by atoms with Crippen molar-refractivity contribution < 1.29 is 23.7 Å². The van der Waals surface area contributed by atoms with Gasteiger partial charge in [0.25, 0.3) is 0 Å². The van der Waals surface area contributed by atoms with Crippen molar-refractivity contribution >= 4 is 5.78 Å². The Balaban J connectivity index is 3.27. The Morgan fingerprint density at radius 2 is 1.65 bits per heavy atom. The smallest absolute Gasteiger partial charge is 0.204 e. The van der Waals surface area contributed by atoms with Crippen LogP contribution in [0.1, 0.15) is 10.4 Å². The molecule has 0 heterocycles. The topological polar surface area (TPSA) is 54.0 Å². The Hall–Kier alpha value is -1.75. The standard InChI is InChI=1S/C12H16O5/c1-14-7-9(13)8-5-6-10(15-2)12(17-4)11(8)16-3/h5-6H,7H2,1-4H3. The molecule has 94 valence electrons. The van der Waals surface area contributed by atoms with Gasteiger partial charge in [0.15, 0.2) is 17.3 Å². The first kappa shape index (κ1) is 13.3. The van der Waals surface area contributed by atoms with Crippen LogP contribution in [0.3, 0.4) is 0 Å². The number of methoxy groups -OCH3 is 4. The summed E-state index contributed by atoms with van der Waals surface area (Å²) in [5.41, 5.74) is 0.409. The van der Waals surface area contributed by atoms with Gasteiger partial charge in [-0.15, -0.1) is 0 Å². The van der Waals surface area contributed by atoms with Crippen LogP contribution in [0.4, 0.5) is 0 Å². The van der Waals surface area contributed by atoms with E-state index in [9.17, 15) is 4.79 Å². The molecule has 0 saturated carbocycles. The minimum Gasteiger partial charge on any atom is -0.493 e. The molecule has 1 rings (SSSR count). The molecule has 17 heavy (non-hydrogen) atoms. The van der Waals surface area contributed by atoms with E-state index in [4.69, 9.17) is 18.9 Å². The lowest BCUT2D eigenvalue weighted by molar-refractivity contribution is 0.0844. The lowest BCUT2D eigenvalue weighted by Crippen LogP contribution is -2.10. The van der Waals surface area contributed by atoms with Crippen LogP contribution in [0.15, 0.2) is 12.1 Å². The molecule has 1 aromatic carbocycles. The number of benzene rings is 1. The normalized spacial score (nSPS) is 9.88. The van der Waals surface area contributed by atoms with Gasteiger partial charge in [0, 0.05) is 7.11 Å². The molecular weight excluding hydrogens is 224 g/mol. The van der Waals surface area contributed by atoms with Gasteiger partial charge in [-0.05, 0) is 12.1 Å². The number of hydrogen-bond acceptors (Lipinski definition) is 5. The number of ether oxygens (including phenoxy) is 4. The van der Waals surface area contributed by atoms with Crippen LogP contribution in [0.2, 0.25) is 0 Å². The van der Waals surface area contributed by atoms with Crippen LogP contribution in [0.25, 0.3) is 0 Å². The van der Waals surface area contributed by atoms with Crippen molar-refractivity contribution in [2.75, 3.05) is 35.0 Å². The van der Waals surface area contributed by atoms with Crippen LogP contribution < -0.4 is 14.2 Å². The highest BCUT2D eigenvalue weighted by Crippen LogP contribution is 2.39. The summed E-state index contributed by atoms with van der Waals surface area (Å²) in [5, 5.41) is 0. The fourth-order valence-electron chi connectivity index (χ4n) is 1.53. The third kappa shape index (κ3) is 2.68. The molecule has 0 radical (unpaired) electrons. The van der Waals surface area contributed by atoms with Gasteiger partial charge in [0.2, 0.25) is 5.75 Å². The molecule has 0 aliphatic carbocycles. The molecule has 0 saturated heterocycles. The maximum Gasteiger partial charge on any atom is 0.204 e. The number of hydrogen-bond donors (Lipinski definition) is 0. The fourth-order valence-corrected chi connectivity index (χ4v) is 1.53. The third-order valence-electron chi connectivity index (χ3n) is 2.28. The van der Waals surface area contributed by atoms with Crippen LogP contribution in [0.5, 0.6) is 17.2 Å². The molecule has 0 fully saturated rings.